The minimum atomic E-state index is -0.901. The largest absolute Gasteiger partial charge is 0.386 e. The molecule has 0 aliphatic heterocycles. The lowest BCUT2D eigenvalue weighted by Crippen LogP contribution is -2.14. The molecule has 0 amide bonds. The molecule has 0 unspecified atom stereocenters. The summed E-state index contributed by atoms with van der Waals surface area (Å²) >= 11 is 7.19. The van der Waals surface area contributed by atoms with Crippen molar-refractivity contribution in [1.29, 1.82) is 0 Å². The quantitative estimate of drug-likeness (QED) is 0.102. The van der Waals surface area contributed by atoms with Gasteiger partial charge in [0.1, 0.15) is 0 Å². The second-order valence-electron chi connectivity index (χ2n) is 14.0. The van der Waals surface area contributed by atoms with Gasteiger partial charge in [0.05, 0.1) is 11.2 Å². The smallest absolute Gasteiger partial charge is 0.188 e. The summed E-state index contributed by atoms with van der Waals surface area (Å²) in [7, 11) is 0. The number of aliphatic hydroxyl groups is 2. The Morgan fingerprint density at radius 2 is 0.980 bits per heavy atom. The summed E-state index contributed by atoms with van der Waals surface area (Å²) < 4.78 is 0. The maximum atomic E-state index is 10.6. The highest BCUT2D eigenvalue weighted by atomic mass is 32.2. The molecule has 3 aromatic heterocycles. The summed E-state index contributed by atoms with van der Waals surface area (Å²) in [4.78, 5) is 15.6. The van der Waals surface area contributed by atoms with Crippen LogP contribution in [-0.4, -0.2) is 20.2 Å². The van der Waals surface area contributed by atoms with Gasteiger partial charge in [0.15, 0.2) is 5.16 Å². The van der Waals surface area contributed by atoms with Gasteiger partial charge < -0.3 is 10.2 Å². The van der Waals surface area contributed by atoms with Gasteiger partial charge in [-0.3, -0.25) is 0 Å². The summed E-state index contributed by atoms with van der Waals surface area (Å²) in [6.07, 6.45) is 0. The van der Waals surface area contributed by atoms with E-state index in [9.17, 15) is 10.2 Å². The Balaban J connectivity index is 1.41. The maximum absolute atomic E-state index is 10.6. The number of thioether (sulfide) groups is 2. The molecule has 3 aromatic carbocycles. The molecule has 0 aliphatic rings. The van der Waals surface area contributed by atoms with Gasteiger partial charge in [0.25, 0.3) is 0 Å². The van der Waals surface area contributed by atoms with Gasteiger partial charge in [0.2, 0.25) is 0 Å². The Labute approximate surface area is 313 Å². The molecule has 6 rings (SSSR count). The average Bonchev–Trinajstić information content (AvgIpc) is 3.66. The van der Waals surface area contributed by atoms with Crippen LogP contribution in [0.15, 0.2) is 95.0 Å². The van der Waals surface area contributed by atoms with E-state index in [1.54, 1.807) is 11.8 Å². The van der Waals surface area contributed by atoms with Crippen LogP contribution >= 0.6 is 46.2 Å². The second kappa shape index (κ2) is 14.8. The van der Waals surface area contributed by atoms with E-state index < -0.39 is 11.2 Å². The number of thiophene rings is 2. The van der Waals surface area contributed by atoms with Crippen LogP contribution in [0.5, 0.6) is 0 Å². The van der Waals surface area contributed by atoms with Gasteiger partial charge in [-0.1, -0.05) is 66.4 Å². The average molecular weight is 737 g/mol. The van der Waals surface area contributed by atoms with Gasteiger partial charge in [-0.05, 0) is 130 Å². The number of nitrogens with zero attached hydrogens (tertiary/aromatic N) is 2. The molecular weight excluding hydrogens is 693 g/mol. The van der Waals surface area contributed by atoms with Crippen LogP contribution < -0.4 is 0 Å². The minimum absolute atomic E-state index is 0.744. The van der Waals surface area contributed by atoms with Crippen molar-refractivity contribution in [3.05, 3.63) is 130 Å². The van der Waals surface area contributed by atoms with Crippen LogP contribution in [-0.2, 0) is 22.7 Å². The van der Waals surface area contributed by atoms with Crippen LogP contribution in [0.1, 0.15) is 72.5 Å². The number of hydrogen-bond donors (Lipinski definition) is 2. The van der Waals surface area contributed by atoms with Crippen LogP contribution in [0.25, 0.3) is 30.6 Å². The molecule has 0 bridgehead atoms. The molecule has 8 heteroatoms. The Hall–Kier alpha value is -3.24. The number of benzene rings is 3. The zero-order valence-corrected chi connectivity index (χ0v) is 33.2. The number of aromatic nitrogens is 2. The topological polar surface area (TPSA) is 66.2 Å². The molecule has 2 N–H and O–H groups in total. The third kappa shape index (κ3) is 8.79. The Kier molecular flexibility index (Phi) is 10.8. The SMILES string of the molecule is Cc1cc(C)cc(SCc2cc(-c3cc(CSc4nc(C)cc(C)n4)c(-c4ccc(C(C)(C)O)cc4)s3)sc2-c2ccc(C(C)(C)O)cc2)c1. The van der Waals surface area contributed by atoms with Crippen molar-refractivity contribution >= 4 is 46.2 Å². The summed E-state index contributed by atoms with van der Waals surface area (Å²) in [6.45, 7) is 15.6. The van der Waals surface area contributed by atoms with E-state index >= 15 is 0 Å². The highest BCUT2D eigenvalue weighted by Gasteiger charge is 2.21. The predicted molar refractivity (Wildman–Crippen MR) is 216 cm³/mol. The van der Waals surface area contributed by atoms with E-state index in [0.29, 0.717) is 0 Å². The minimum Gasteiger partial charge on any atom is -0.386 e. The van der Waals surface area contributed by atoms with Crippen molar-refractivity contribution < 1.29 is 10.2 Å². The third-order valence-electron chi connectivity index (χ3n) is 8.48. The normalized spacial score (nSPS) is 12.1. The molecule has 6 aromatic rings. The van der Waals surface area contributed by atoms with E-state index in [1.807, 2.05) is 106 Å². The molecule has 0 atom stereocenters. The first-order valence-electron chi connectivity index (χ1n) is 16.7. The lowest BCUT2D eigenvalue weighted by atomic mass is 9.96. The Bertz CT molecular complexity index is 1920. The Morgan fingerprint density at radius 1 is 0.560 bits per heavy atom. The van der Waals surface area contributed by atoms with E-state index in [2.05, 4.69) is 68.4 Å². The number of rotatable bonds is 11. The maximum Gasteiger partial charge on any atom is 0.188 e. The van der Waals surface area contributed by atoms with Crippen LogP contribution in [0.2, 0.25) is 0 Å². The molecule has 0 saturated heterocycles. The van der Waals surface area contributed by atoms with Crippen molar-refractivity contribution in [3.8, 4) is 30.6 Å². The standard InChI is InChI=1S/C42H44N2O2S4/c1-25-17-26(2)19-35(18-25)47-23-31-21-36(49-38(31)29-9-13-33(14-10-29)41(5,6)45)37-22-32(24-48-40-43-27(3)20-28(4)44-40)39(50-37)30-11-15-34(16-12-30)42(7,8)46/h9-22,45-46H,23-24H2,1-8H3. The summed E-state index contributed by atoms with van der Waals surface area (Å²) in [6, 6.07) is 30.1. The van der Waals surface area contributed by atoms with Crippen molar-refractivity contribution in [2.75, 3.05) is 0 Å². The molecule has 0 fully saturated rings. The molecule has 0 spiro atoms. The molecule has 0 aliphatic carbocycles. The van der Waals surface area contributed by atoms with Crippen molar-refractivity contribution in [2.45, 2.75) is 88.1 Å². The lowest BCUT2D eigenvalue weighted by molar-refractivity contribution is 0.0780. The van der Waals surface area contributed by atoms with Gasteiger partial charge in [0, 0.05) is 47.3 Å². The van der Waals surface area contributed by atoms with Crippen LogP contribution in [0.4, 0.5) is 0 Å². The first-order chi connectivity index (χ1) is 23.6. The summed E-state index contributed by atoms with van der Waals surface area (Å²) in [5, 5.41) is 22.0. The van der Waals surface area contributed by atoms with Gasteiger partial charge >= 0.3 is 0 Å². The van der Waals surface area contributed by atoms with E-state index in [0.717, 1.165) is 50.3 Å². The fraction of sp³-hybridized carbons (Fsp3) is 0.286. The van der Waals surface area contributed by atoms with Gasteiger partial charge in [-0.25, -0.2) is 9.97 Å². The third-order valence-corrected chi connectivity index (χ3v) is 13.0. The predicted octanol–water partition coefficient (Wildman–Crippen LogP) is 11.9. The van der Waals surface area contributed by atoms with Crippen LogP contribution in [0.3, 0.4) is 0 Å². The molecule has 50 heavy (non-hydrogen) atoms. The fourth-order valence-electron chi connectivity index (χ4n) is 5.94. The first kappa shape index (κ1) is 36.5. The zero-order chi connectivity index (χ0) is 35.8. The van der Waals surface area contributed by atoms with Crippen molar-refractivity contribution in [1.82, 2.24) is 9.97 Å². The molecule has 3 heterocycles. The van der Waals surface area contributed by atoms with Gasteiger partial charge in [-0.15, -0.1) is 34.4 Å². The molecule has 4 nitrogen and oxygen atoms in total. The van der Waals surface area contributed by atoms with E-state index in [1.165, 1.54) is 46.7 Å². The lowest BCUT2D eigenvalue weighted by Gasteiger charge is -2.18. The molecule has 0 radical (unpaired) electrons. The van der Waals surface area contributed by atoms with E-state index in [4.69, 9.17) is 9.97 Å². The zero-order valence-electron chi connectivity index (χ0n) is 29.9. The van der Waals surface area contributed by atoms with Crippen molar-refractivity contribution in [2.24, 2.45) is 0 Å². The van der Waals surface area contributed by atoms with Crippen molar-refractivity contribution in [3.63, 3.8) is 0 Å². The highest BCUT2D eigenvalue weighted by Crippen LogP contribution is 2.47. The Morgan fingerprint density at radius 3 is 1.40 bits per heavy atom. The summed E-state index contributed by atoms with van der Waals surface area (Å²) in [5.41, 5.74) is 9.33. The molecule has 258 valence electrons. The highest BCUT2D eigenvalue weighted by molar-refractivity contribution is 7.98. The van der Waals surface area contributed by atoms with Crippen LogP contribution in [0, 0.1) is 27.7 Å². The number of hydrogen-bond acceptors (Lipinski definition) is 8. The second-order valence-corrected chi connectivity index (χ2v) is 18.1. The first-order valence-corrected chi connectivity index (χ1v) is 20.3. The number of aryl methyl sites for hydroxylation is 4. The molecule has 0 saturated carbocycles. The fourth-order valence-corrected chi connectivity index (χ4v) is 10.6. The monoisotopic (exact) mass is 736 g/mol. The van der Waals surface area contributed by atoms with E-state index in [-0.39, 0.29) is 0 Å². The van der Waals surface area contributed by atoms with Gasteiger partial charge in [-0.2, -0.15) is 0 Å². The summed E-state index contributed by atoms with van der Waals surface area (Å²) in [5.74, 6) is 1.60. The molecular formula is C42H44N2O2S4.